The second kappa shape index (κ2) is 6.45. The van der Waals surface area contributed by atoms with Crippen LogP contribution >= 0.6 is 0 Å². The van der Waals surface area contributed by atoms with Crippen molar-refractivity contribution in [1.29, 1.82) is 0 Å². The largest absolute Gasteiger partial charge is 0.493 e. The number of rotatable bonds is 5. The molecule has 2 aromatic carbocycles. The first kappa shape index (κ1) is 16.2. The van der Waals surface area contributed by atoms with Crippen LogP contribution in [-0.4, -0.2) is 31.4 Å². The van der Waals surface area contributed by atoms with Crippen LogP contribution in [0.15, 0.2) is 36.4 Å². The minimum Gasteiger partial charge on any atom is -0.493 e. The van der Waals surface area contributed by atoms with Crippen molar-refractivity contribution in [3.05, 3.63) is 53.2 Å². The molecule has 3 rings (SSSR count). The maximum atomic E-state index is 11.0. The van der Waals surface area contributed by atoms with E-state index in [1.807, 2.05) is 31.2 Å². The maximum absolute atomic E-state index is 11.0. The Bertz CT molecular complexity index is 844. The van der Waals surface area contributed by atoms with Gasteiger partial charge in [0.25, 0.3) is 0 Å². The van der Waals surface area contributed by atoms with Crippen molar-refractivity contribution in [2.45, 2.75) is 13.0 Å². The normalized spacial score (nSPS) is 12.2. The molecule has 3 aromatic rings. The van der Waals surface area contributed by atoms with Crippen LogP contribution < -0.4 is 14.2 Å². The van der Waals surface area contributed by atoms with Crippen molar-refractivity contribution in [3.8, 4) is 17.2 Å². The minimum atomic E-state index is -0.810. The van der Waals surface area contributed by atoms with Gasteiger partial charge >= 0.3 is 0 Å². The second-order valence-electron chi connectivity index (χ2n) is 5.57. The number of aliphatic hydroxyl groups excluding tert-OH is 1. The predicted octanol–water partition coefficient (Wildman–Crippen LogP) is 3.58. The molecule has 0 saturated carbocycles. The van der Waals surface area contributed by atoms with E-state index in [2.05, 4.69) is 4.98 Å². The fourth-order valence-electron chi connectivity index (χ4n) is 3.08. The van der Waals surface area contributed by atoms with E-state index in [9.17, 15) is 5.11 Å². The number of nitrogens with one attached hydrogen (secondary N) is 1. The van der Waals surface area contributed by atoms with Crippen molar-refractivity contribution in [1.82, 2.24) is 4.98 Å². The number of ether oxygens (including phenoxy) is 3. The highest BCUT2D eigenvalue weighted by Gasteiger charge is 2.22. The minimum absolute atomic E-state index is 0.506. The molecule has 0 bridgehead atoms. The number of aliphatic hydroxyl groups is 1. The quantitative estimate of drug-likeness (QED) is 0.752. The average molecular weight is 327 g/mol. The Morgan fingerprint density at radius 3 is 2.17 bits per heavy atom. The molecule has 5 heteroatoms. The molecule has 0 saturated heterocycles. The zero-order chi connectivity index (χ0) is 17.3. The van der Waals surface area contributed by atoms with Gasteiger partial charge in [-0.2, -0.15) is 0 Å². The number of aryl methyl sites for hydroxylation is 1. The molecule has 0 fully saturated rings. The molecule has 0 radical (unpaired) electrons. The van der Waals surface area contributed by atoms with Gasteiger partial charge in [0.2, 0.25) is 5.75 Å². The summed E-state index contributed by atoms with van der Waals surface area (Å²) in [5.74, 6) is 1.54. The average Bonchev–Trinajstić information content (AvgIpc) is 2.95. The van der Waals surface area contributed by atoms with Crippen LogP contribution in [0.3, 0.4) is 0 Å². The highest BCUT2D eigenvalue weighted by Crippen LogP contribution is 2.42. The van der Waals surface area contributed by atoms with Gasteiger partial charge in [-0.25, -0.2) is 0 Å². The maximum Gasteiger partial charge on any atom is 0.203 e. The topological polar surface area (TPSA) is 63.7 Å². The number of methoxy groups -OCH3 is 3. The van der Waals surface area contributed by atoms with Gasteiger partial charge in [-0.3, -0.25) is 0 Å². The highest BCUT2D eigenvalue weighted by molar-refractivity contribution is 5.85. The van der Waals surface area contributed by atoms with Crippen LogP contribution in [0.5, 0.6) is 17.2 Å². The van der Waals surface area contributed by atoms with E-state index in [0.717, 1.165) is 22.2 Å². The van der Waals surface area contributed by atoms with E-state index in [4.69, 9.17) is 14.2 Å². The summed E-state index contributed by atoms with van der Waals surface area (Å²) in [6.45, 7) is 1.95. The summed E-state index contributed by atoms with van der Waals surface area (Å²) in [6.07, 6.45) is -0.810. The molecular formula is C19H21NO4. The molecule has 0 aliphatic heterocycles. The van der Waals surface area contributed by atoms with Gasteiger partial charge in [0.15, 0.2) is 11.5 Å². The Hall–Kier alpha value is -2.66. The van der Waals surface area contributed by atoms with Crippen LogP contribution in [0.2, 0.25) is 0 Å². The molecule has 0 aliphatic carbocycles. The molecule has 0 spiro atoms. The molecule has 1 aromatic heterocycles. The summed E-state index contributed by atoms with van der Waals surface area (Å²) in [5.41, 5.74) is 3.45. The number of benzene rings is 2. The molecular weight excluding hydrogens is 306 g/mol. The first-order valence-electron chi connectivity index (χ1n) is 7.65. The summed E-state index contributed by atoms with van der Waals surface area (Å²) in [5, 5.41) is 12.0. The molecule has 1 heterocycles. The predicted molar refractivity (Wildman–Crippen MR) is 93.2 cm³/mol. The van der Waals surface area contributed by atoms with Crippen molar-refractivity contribution < 1.29 is 19.3 Å². The number of aromatic nitrogens is 1. The van der Waals surface area contributed by atoms with Crippen molar-refractivity contribution >= 4 is 10.9 Å². The van der Waals surface area contributed by atoms with E-state index in [1.54, 1.807) is 33.5 Å². The number of hydrogen-bond acceptors (Lipinski definition) is 4. The van der Waals surface area contributed by atoms with Crippen molar-refractivity contribution in [3.63, 3.8) is 0 Å². The molecule has 1 unspecified atom stereocenters. The lowest BCUT2D eigenvalue weighted by Crippen LogP contribution is -2.03. The second-order valence-corrected chi connectivity index (χ2v) is 5.57. The zero-order valence-electron chi connectivity index (χ0n) is 14.2. The molecule has 24 heavy (non-hydrogen) atoms. The number of fused-ring (bicyclic) bond motifs is 1. The summed E-state index contributed by atoms with van der Waals surface area (Å²) in [7, 11) is 4.68. The zero-order valence-corrected chi connectivity index (χ0v) is 14.2. The highest BCUT2D eigenvalue weighted by atomic mass is 16.5. The van der Waals surface area contributed by atoms with E-state index < -0.39 is 6.10 Å². The smallest absolute Gasteiger partial charge is 0.203 e. The van der Waals surface area contributed by atoms with Gasteiger partial charge in [0, 0.05) is 22.2 Å². The molecule has 0 amide bonds. The Morgan fingerprint density at radius 1 is 0.958 bits per heavy atom. The lowest BCUT2D eigenvalue weighted by molar-refractivity contribution is 0.219. The molecule has 1 atom stereocenters. The number of para-hydroxylation sites is 1. The van der Waals surface area contributed by atoms with E-state index in [-0.39, 0.29) is 0 Å². The van der Waals surface area contributed by atoms with Gasteiger partial charge < -0.3 is 24.3 Å². The molecule has 2 N–H and O–H groups in total. The van der Waals surface area contributed by atoms with Crippen LogP contribution in [0.1, 0.15) is 22.9 Å². The van der Waals surface area contributed by atoms with Gasteiger partial charge in [0.1, 0.15) is 6.10 Å². The van der Waals surface area contributed by atoms with E-state index >= 15 is 0 Å². The van der Waals surface area contributed by atoms with Crippen LogP contribution in [0.25, 0.3) is 10.9 Å². The molecule has 0 aliphatic rings. The fourth-order valence-corrected chi connectivity index (χ4v) is 3.08. The first-order chi connectivity index (χ1) is 11.6. The Labute approximate surface area is 140 Å². The van der Waals surface area contributed by atoms with Crippen LogP contribution in [0, 0.1) is 6.92 Å². The first-order valence-corrected chi connectivity index (χ1v) is 7.65. The standard InChI is InChI=1S/C19H21NO4/c1-11-17(13-7-5-6-8-14(13)20-11)18(21)12-9-15(22-2)19(24-4)16(10-12)23-3/h5-10,18,20-21H,1-4H3. The summed E-state index contributed by atoms with van der Waals surface area (Å²) < 4.78 is 16.1. The van der Waals surface area contributed by atoms with E-state index in [1.165, 1.54) is 0 Å². The SMILES string of the molecule is COc1cc(C(O)c2c(C)[nH]c3ccccc23)cc(OC)c1OC. The van der Waals surface area contributed by atoms with Crippen LogP contribution in [0.4, 0.5) is 0 Å². The number of aromatic amines is 1. The fraction of sp³-hybridized carbons (Fsp3) is 0.263. The van der Waals surface area contributed by atoms with Crippen molar-refractivity contribution in [2.75, 3.05) is 21.3 Å². The third-order valence-electron chi connectivity index (χ3n) is 4.22. The van der Waals surface area contributed by atoms with Crippen molar-refractivity contribution in [2.24, 2.45) is 0 Å². The molecule has 5 nitrogen and oxygen atoms in total. The Kier molecular flexibility index (Phi) is 4.36. The Balaban J connectivity index is 2.15. The lowest BCUT2D eigenvalue weighted by Gasteiger charge is -2.17. The van der Waals surface area contributed by atoms with E-state index in [0.29, 0.717) is 22.8 Å². The summed E-state index contributed by atoms with van der Waals surface area (Å²) >= 11 is 0. The van der Waals surface area contributed by atoms with Gasteiger partial charge in [-0.15, -0.1) is 0 Å². The third-order valence-corrected chi connectivity index (χ3v) is 4.22. The lowest BCUT2D eigenvalue weighted by atomic mass is 9.98. The molecule has 126 valence electrons. The summed E-state index contributed by atoms with van der Waals surface area (Å²) in [6, 6.07) is 11.5. The Morgan fingerprint density at radius 2 is 1.58 bits per heavy atom. The number of H-pyrrole nitrogens is 1. The van der Waals surface area contributed by atoms with Gasteiger partial charge in [0.05, 0.1) is 21.3 Å². The van der Waals surface area contributed by atoms with Gasteiger partial charge in [-0.1, -0.05) is 18.2 Å². The monoisotopic (exact) mass is 327 g/mol. The van der Waals surface area contributed by atoms with Gasteiger partial charge in [-0.05, 0) is 30.7 Å². The third kappa shape index (κ3) is 2.57. The summed E-state index contributed by atoms with van der Waals surface area (Å²) in [4.78, 5) is 3.31. The van der Waals surface area contributed by atoms with Crippen LogP contribution in [-0.2, 0) is 0 Å². The number of hydrogen-bond donors (Lipinski definition) is 2.